The van der Waals surface area contributed by atoms with E-state index in [-0.39, 0.29) is 11.3 Å². The van der Waals surface area contributed by atoms with Crippen molar-refractivity contribution in [3.63, 3.8) is 0 Å². The number of aromatic nitrogens is 1. The summed E-state index contributed by atoms with van der Waals surface area (Å²) >= 11 is 0. The first kappa shape index (κ1) is 8.98. The van der Waals surface area contributed by atoms with Crippen molar-refractivity contribution in [3.8, 4) is 23.4 Å². The van der Waals surface area contributed by atoms with E-state index in [1.807, 2.05) is 24.3 Å². The van der Waals surface area contributed by atoms with Crippen LogP contribution in [0.1, 0.15) is 11.3 Å². The lowest BCUT2D eigenvalue weighted by molar-refractivity contribution is 0.412. The number of nitrogens with zero attached hydrogens (tertiary/aromatic N) is 3. The van der Waals surface area contributed by atoms with E-state index in [2.05, 4.69) is 5.16 Å². The molecule has 0 unspecified atom stereocenters. The molecule has 0 aliphatic carbocycles. The van der Waals surface area contributed by atoms with E-state index >= 15 is 0 Å². The van der Waals surface area contributed by atoms with Gasteiger partial charge in [0.15, 0.2) is 0 Å². The second-order valence-electron chi connectivity index (χ2n) is 2.82. The average Bonchev–Trinajstić information content (AvgIpc) is 2.72. The number of hydrogen-bond donors (Lipinski definition) is 0. The van der Waals surface area contributed by atoms with Gasteiger partial charge in [0.25, 0.3) is 5.76 Å². The van der Waals surface area contributed by atoms with Gasteiger partial charge in [-0.15, -0.1) is 0 Å². The molecule has 0 spiro atoms. The quantitative estimate of drug-likeness (QED) is 0.698. The third kappa shape index (κ3) is 1.45. The van der Waals surface area contributed by atoms with Crippen molar-refractivity contribution >= 4 is 0 Å². The molecule has 15 heavy (non-hydrogen) atoms. The lowest BCUT2D eigenvalue weighted by Crippen LogP contribution is -1.82. The van der Waals surface area contributed by atoms with Crippen molar-refractivity contribution in [2.75, 3.05) is 0 Å². The zero-order valence-electron chi connectivity index (χ0n) is 7.64. The predicted molar refractivity (Wildman–Crippen MR) is 51.4 cm³/mol. The first-order valence-corrected chi connectivity index (χ1v) is 4.22. The van der Waals surface area contributed by atoms with Gasteiger partial charge in [0.05, 0.1) is 0 Å². The molecule has 0 aliphatic rings. The van der Waals surface area contributed by atoms with E-state index in [1.165, 1.54) is 0 Å². The number of nitriles is 2. The molecule has 0 radical (unpaired) electrons. The Morgan fingerprint density at radius 1 is 1.07 bits per heavy atom. The highest BCUT2D eigenvalue weighted by molar-refractivity contribution is 5.68. The SMILES string of the molecule is N#Cc1onc(-c2ccccc2)c1C#N. The Hall–Kier alpha value is -2.59. The maximum absolute atomic E-state index is 8.88. The molecule has 2 aromatic rings. The molecule has 2 rings (SSSR count). The molecule has 1 aromatic carbocycles. The van der Waals surface area contributed by atoms with Gasteiger partial charge in [0.2, 0.25) is 0 Å². The van der Waals surface area contributed by atoms with Gasteiger partial charge in [-0.25, -0.2) is 0 Å². The van der Waals surface area contributed by atoms with E-state index in [1.54, 1.807) is 18.2 Å². The lowest BCUT2D eigenvalue weighted by atomic mass is 10.1. The van der Waals surface area contributed by atoms with Crippen LogP contribution in [0.2, 0.25) is 0 Å². The highest BCUT2D eigenvalue weighted by Crippen LogP contribution is 2.23. The number of hydrogen-bond acceptors (Lipinski definition) is 4. The maximum atomic E-state index is 8.88. The first-order chi connectivity index (χ1) is 7.36. The Kier molecular flexibility index (Phi) is 2.19. The predicted octanol–water partition coefficient (Wildman–Crippen LogP) is 2.08. The van der Waals surface area contributed by atoms with Crippen molar-refractivity contribution < 1.29 is 4.52 Å². The minimum absolute atomic E-state index is 0.0450. The Morgan fingerprint density at radius 3 is 2.40 bits per heavy atom. The molecule has 0 fully saturated rings. The second-order valence-corrected chi connectivity index (χ2v) is 2.82. The highest BCUT2D eigenvalue weighted by atomic mass is 16.5. The molecule has 0 atom stereocenters. The van der Waals surface area contributed by atoms with Gasteiger partial charge in [-0.05, 0) is 0 Å². The second kappa shape index (κ2) is 3.65. The summed E-state index contributed by atoms with van der Waals surface area (Å²) in [6, 6.07) is 12.8. The van der Waals surface area contributed by atoms with Crippen molar-refractivity contribution in [1.82, 2.24) is 5.16 Å². The Balaban J connectivity index is 2.62. The molecule has 0 saturated heterocycles. The smallest absolute Gasteiger partial charge is 0.254 e. The van der Waals surface area contributed by atoms with Crippen LogP contribution < -0.4 is 0 Å². The molecule has 4 heteroatoms. The summed E-state index contributed by atoms with van der Waals surface area (Å²) in [4.78, 5) is 0. The van der Waals surface area contributed by atoms with Crippen LogP contribution in [0.5, 0.6) is 0 Å². The van der Waals surface area contributed by atoms with E-state index < -0.39 is 0 Å². The Morgan fingerprint density at radius 2 is 1.80 bits per heavy atom. The molecular weight excluding hydrogens is 190 g/mol. The molecule has 70 valence electrons. The molecule has 0 bridgehead atoms. The van der Waals surface area contributed by atoms with Crippen LogP contribution >= 0.6 is 0 Å². The summed E-state index contributed by atoms with van der Waals surface area (Å²) in [5, 5.41) is 21.3. The molecule has 4 nitrogen and oxygen atoms in total. The molecular formula is C11H5N3O. The fourth-order valence-electron chi connectivity index (χ4n) is 1.26. The van der Waals surface area contributed by atoms with Gasteiger partial charge in [0, 0.05) is 5.56 Å². The van der Waals surface area contributed by atoms with Crippen LogP contribution in [-0.4, -0.2) is 5.16 Å². The van der Waals surface area contributed by atoms with Crippen LogP contribution in [0.15, 0.2) is 34.9 Å². The maximum Gasteiger partial charge on any atom is 0.254 e. The van der Waals surface area contributed by atoms with Crippen molar-refractivity contribution in [2.24, 2.45) is 0 Å². The third-order valence-corrected chi connectivity index (χ3v) is 1.95. The average molecular weight is 195 g/mol. The monoisotopic (exact) mass is 195 g/mol. The van der Waals surface area contributed by atoms with Gasteiger partial charge in [-0.1, -0.05) is 35.5 Å². The Bertz CT molecular complexity index is 558. The molecule has 0 amide bonds. The van der Waals surface area contributed by atoms with Crippen molar-refractivity contribution in [2.45, 2.75) is 0 Å². The van der Waals surface area contributed by atoms with Gasteiger partial charge in [-0.3, -0.25) is 0 Å². The highest BCUT2D eigenvalue weighted by Gasteiger charge is 2.16. The largest absolute Gasteiger partial charge is 0.343 e. The standard InChI is InChI=1S/C11H5N3O/c12-6-9-10(7-13)15-14-11(9)8-4-2-1-3-5-8/h1-5H. The van der Waals surface area contributed by atoms with E-state index in [0.717, 1.165) is 5.56 Å². The van der Waals surface area contributed by atoms with E-state index in [4.69, 9.17) is 15.0 Å². The van der Waals surface area contributed by atoms with Gasteiger partial charge in [0.1, 0.15) is 23.4 Å². The lowest BCUT2D eigenvalue weighted by Gasteiger charge is -1.93. The fourth-order valence-corrected chi connectivity index (χ4v) is 1.26. The third-order valence-electron chi connectivity index (χ3n) is 1.95. The van der Waals surface area contributed by atoms with E-state index in [9.17, 15) is 0 Å². The minimum atomic E-state index is -0.0450. The topological polar surface area (TPSA) is 73.6 Å². The van der Waals surface area contributed by atoms with Gasteiger partial charge < -0.3 is 4.52 Å². The molecule has 1 heterocycles. The number of benzene rings is 1. The first-order valence-electron chi connectivity index (χ1n) is 4.22. The van der Waals surface area contributed by atoms with Crippen LogP contribution in [0, 0.1) is 22.7 Å². The summed E-state index contributed by atoms with van der Waals surface area (Å²) < 4.78 is 4.76. The van der Waals surface area contributed by atoms with Gasteiger partial charge in [-0.2, -0.15) is 10.5 Å². The molecule has 0 N–H and O–H groups in total. The van der Waals surface area contributed by atoms with Gasteiger partial charge >= 0.3 is 0 Å². The van der Waals surface area contributed by atoms with Crippen LogP contribution in [-0.2, 0) is 0 Å². The fraction of sp³-hybridized carbons (Fsp3) is 0. The summed E-state index contributed by atoms with van der Waals surface area (Å²) in [5.41, 5.74) is 1.36. The zero-order chi connectivity index (χ0) is 10.7. The molecule has 0 saturated carbocycles. The number of rotatable bonds is 1. The summed E-state index contributed by atoms with van der Waals surface area (Å²) in [6.45, 7) is 0. The molecule has 1 aromatic heterocycles. The zero-order valence-corrected chi connectivity index (χ0v) is 7.64. The summed E-state index contributed by atoms with van der Waals surface area (Å²) in [6.07, 6.45) is 0. The van der Waals surface area contributed by atoms with Crippen molar-refractivity contribution in [3.05, 3.63) is 41.7 Å². The van der Waals surface area contributed by atoms with Crippen LogP contribution in [0.4, 0.5) is 0 Å². The normalized spacial score (nSPS) is 9.20. The summed E-state index contributed by atoms with van der Waals surface area (Å²) in [5.74, 6) is -0.0450. The van der Waals surface area contributed by atoms with Crippen LogP contribution in [0.3, 0.4) is 0 Å². The minimum Gasteiger partial charge on any atom is -0.343 e. The Labute approximate surface area is 86.0 Å². The summed E-state index contributed by atoms with van der Waals surface area (Å²) in [7, 11) is 0. The van der Waals surface area contributed by atoms with E-state index in [0.29, 0.717) is 5.69 Å². The molecule has 0 aliphatic heterocycles. The van der Waals surface area contributed by atoms with Crippen LogP contribution in [0.25, 0.3) is 11.3 Å². The van der Waals surface area contributed by atoms with Crippen molar-refractivity contribution in [1.29, 1.82) is 10.5 Å².